The number of aromatic nitrogens is 2. The molecular formula is C24H26ClN5O4. The zero-order chi connectivity index (χ0) is 24.3. The number of aromatic amines is 1. The number of carbonyl (C=O) groups is 3. The highest BCUT2D eigenvalue weighted by molar-refractivity contribution is 6.31. The number of carbonyl (C=O) groups excluding carboxylic acids is 2. The highest BCUT2D eigenvalue weighted by Crippen LogP contribution is 2.34. The molecule has 0 unspecified atom stereocenters. The second-order valence-corrected chi connectivity index (χ2v) is 8.78. The minimum Gasteiger partial charge on any atom is -0.465 e. The molecule has 1 fully saturated rings. The number of halogens is 1. The van der Waals surface area contributed by atoms with Crippen LogP contribution in [-0.2, 0) is 22.6 Å². The average molecular weight is 484 g/mol. The van der Waals surface area contributed by atoms with Crippen LogP contribution in [0.2, 0.25) is 5.02 Å². The number of fused-ring (bicyclic) bond motifs is 1. The molecule has 2 heterocycles. The van der Waals surface area contributed by atoms with E-state index in [0.29, 0.717) is 10.5 Å². The Morgan fingerprint density at radius 3 is 2.56 bits per heavy atom. The zero-order valence-electron chi connectivity index (χ0n) is 18.7. The van der Waals surface area contributed by atoms with Crippen molar-refractivity contribution in [3.8, 4) is 0 Å². The SMILES string of the molecule is CCc1ccc2nc(NC(=O)C3(C(=O)NCc4ccccc4Cl)CCN(C(=O)O)CC3)[nH]c2c1. The summed E-state index contributed by atoms with van der Waals surface area (Å²) in [7, 11) is 0. The van der Waals surface area contributed by atoms with Crippen LogP contribution in [0.1, 0.15) is 30.9 Å². The number of nitrogens with zero attached hydrogens (tertiary/aromatic N) is 2. The van der Waals surface area contributed by atoms with E-state index in [0.717, 1.165) is 23.1 Å². The molecule has 1 aliphatic heterocycles. The summed E-state index contributed by atoms with van der Waals surface area (Å²) in [6.45, 7) is 2.35. The lowest BCUT2D eigenvalue weighted by molar-refractivity contribution is -0.144. The molecule has 9 nitrogen and oxygen atoms in total. The summed E-state index contributed by atoms with van der Waals surface area (Å²) in [6, 6.07) is 12.9. The van der Waals surface area contributed by atoms with Gasteiger partial charge in [0.25, 0.3) is 0 Å². The van der Waals surface area contributed by atoms with Crippen molar-refractivity contribution in [2.75, 3.05) is 18.4 Å². The minimum atomic E-state index is -1.44. The summed E-state index contributed by atoms with van der Waals surface area (Å²) in [6.07, 6.45) is -0.0975. The third-order valence-corrected chi connectivity index (χ3v) is 6.71. The van der Waals surface area contributed by atoms with Crippen LogP contribution >= 0.6 is 11.6 Å². The van der Waals surface area contributed by atoms with E-state index in [1.807, 2.05) is 24.3 Å². The standard InChI is InChI=1S/C24H26ClN5O4/c1-2-15-7-8-18-19(13-15)28-22(27-18)29-21(32)24(9-11-30(12-10-24)23(33)34)20(31)26-14-16-5-3-4-6-17(16)25/h3-8,13H,2,9-12,14H2,1H3,(H,26,31)(H,33,34)(H2,27,28,29,32). The molecule has 4 rings (SSSR count). The average Bonchev–Trinajstić information content (AvgIpc) is 3.24. The van der Waals surface area contributed by atoms with Gasteiger partial charge in [0.2, 0.25) is 17.8 Å². The van der Waals surface area contributed by atoms with Gasteiger partial charge in [-0.1, -0.05) is 42.8 Å². The van der Waals surface area contributed by atoms with Gasteiger partial charge < -0.3 is 20.3 Å². The Labute approximate surface area is 201 Å². The first kappa shape index (κ1) is 23.6. The molecular weight excluding hydrogens is 458 g/mol. The number of benzene rings is 2. The van der Waals surface area contributed by atoms with E-state index in [-0.39, 0.29) is 38.4 Å². The van der Waals surface area contributed by atoms with Crippen molar-refractivity contribution >= 4 is 46.5 Å². The number of likely N-dealkylation sites (tertiary alicyclic amines) is 1. The van der Waals surface area contributed by atoms with Crippen molar-refractivity contribution in [2.45, 2.75) is 32.7 Å². The molecule has 1 aromatic heterocycles. The third-order valence-electron chi connectivity index (χ3n) is 6.34. The number of amides is 3. The normalized spacial score (nSPS) is 15.2. The molecule has 1 aliphatic rings. The number of anilines is 1. The molecule has 1 saturated heterocycles. The number of aryl methyl sites for hydroxylation is 1. The van der Waals surface area contributed by atoms with Gasteiger partial charge in [0, 0.05) is 24.7 Å². The van der Waals surface area contributed by atoms with E-state index >= 15 is 0 Å². The predicted molar refractivity (Wildman–Crippen MR) is 129 cm³/mol. The van der Waals surface area contributed by atoms with Crippen LogP contribution in [0, 0.1) is 5.41 Å². The number of carboxylic acid groups (broad SMARTS) is 1. The lowest BCUT2D eigenvalue weighted by Gasteiger charge is -2.38. The summed E-state index contributed by atoms with van der Waals surface area (Å²) in [4.78, 5) is 46.9. The first-order valence-electron chi connectivity index (χ1n) is 11.1. The quantitative estimate of drug-likeness (QED) is 0.396. The number of H-pyrrole nitrogens is 1. The molecule has 0 atom stereocenters. The van der Waals surface area contributed by atoms with Crippen LogP contribution in [0.5, 0.6) is 0 Å². The van der Waals surface area contributed by atoms with E-state index in [1.165, 1.54) is 4.90 Å². The first-order chi connectivity index (χ1) is 16.3. The molecule has 0 saturated carbocycles. The second kappa shape index (κ2) is 9.72. The number of imidazole rings is 1. The molecule has 4 N–H and O–H groups in total. The summed E-state index contributed by atoms with van der Waals surface area (Å²) >= 11 is 6.20. The van der Waals surface area contributed by atoms with Crippen LogP contribution in [-0.4, -0.2) is 51.0 Å². The smallest absolute Gasteiger partial charge is 0.407 e. The molecule has 10 heteroatoms. The van der Waals surface area contributed by atoms with Crippen LogP contribution in [0.15, 0.2) is 42.5 Å². The fraction of sp³-hybridized carbons (Fsp3) is 0.333. The maximum Gasteiger partial charge on any atom is 0.407 e. The first-order valence-corrected chi connectivity index (χ1v) is 11.5. The maximum absolute atomic E-state index is 13.5. The Hall–Kier alpha value is -3.59. The maximum atomic E-state index is 13.5. The van der Waals surface area contributed by atoms with Gasteiger partial charge in [-0.3, -0.25) is 14.9 Å². The molecule has 34 heavy (non-hydrogen) atoms. The van der Waals surface area contributed by atoms with Gasteiger partial charge in [0.1, 0.15) is 5.41 Å². The molecule has 3 aromatic rings. The number of hydrogen-bond acceptors (Lipinski definition) is 4. The van der Waals surface area contributed by atoms with E-state index in [2.05, 4.69) is 27.5 Å². The Bertz CT molecular complexity index is 1230. The van der Waals surface area contributed by atoms with E-state index in [9.17, 15) is 19.5 Å². The number of hydrogen-bond donors (Lipinski definition) is 4. The lowest BCUT2D eigenvalue weighted by Crippen LogP contribution is -2.55. The third kappa shape index (κ3) is 4.70. The highest BCUT2D eigenvalue weighted by atomic mass is 35.5. The van der Waals surface area contributed by atoms with Crippen molar-refractivity contribution in [2.24, 2.45) is 5.41 Å². The Morgan fingerprint density at radius 2 is 1.88 bits per heavy atom. The van der Waals surface area contributed by atoms with Gasteiger partial charge in [-0.25, -0.2) is 9.78 Å². The largest absolute Gasteiger partial charge is 0.465 e. The van der Waals surface area contributed by atoms with E-state index < -0.39 is 23.3 Å². The summed E-state index contributed by atoms with van der Waals surface area (Å²) in [5, 5.41) is 15.4. The lowest BCUT2D eigenvalue weighted by atomic mass is 9.76. The van der Waals surface area contributed by atoms with Crippen LogP contribution in [0.3, 0.4) is 0 Å². The Morgan fingerprint density at radius 1 is 1.15 bits per heavy atom. The van der Waals surface area contributed by atoms with Gasteiger partial charge in [0.15, 0.2) is 0 Å². The zero-order valence-corrected chi connectivity index (χ0v) is 19.5. The molecule has 0 spiro atoms. The topological polar surface area (TPSA) is 127 Å². The van der Waals surface area contributed by atoms with Crippen molar-refractivity contribution in [3.63, 3.8) is 0 Å². The Balaban J connectivity index is 1.56. The minimum absolute atomic E-state index is 0.0553. The van der Waals surface area contributed by atoms with Crippen molar-refractivity contribution < 1.29 is 19.5 Å². The van der Waals surface area contributed by atoms with Crippen LogP contribution in [0.25, 0.3) is 11.0 Å². The monoisotopic (exact) mass is 483 g/mol. The Kier molecular flexibility index (Phi) is 6.74. The van der Waals surface area contributed by atoms with Crippen LogP contribution < -0.4 is 10.6 Å². The van der Waals surface area contributed by atoms with Crippen molar-refractivity contribution in [1.82, 2.24) is 20.2 Å². The van der Waals surface area contributed by atoms with Gasteiger partial charge in [0.05, 0.1) is 11.0 Å². The molecule has 0 aliphatic carbocycles. The number of rotatable bonds is 6. The van der Waals surface area contributed by atoms with Gasteiger partial charge >= 0.3 is 6.09 Å². The molecule has 0 bridgehead atoms. The van der Waals surface area contributed by atoms with E-state index in [4.69, 9.17) is 11.6 Å². The van der Waals surface area contributed by atoms with Crippen molar-refractivity contribution in [3.05, 3.63) is 58.6 Å². The highest BCUT2D eigenvalue weighted by Gasteiger charge is 2.48. The predicted octanol–water partition coefficient (Wildman–Crippen LogP) is 3.79. The van der Waals surface area contributed by atoms with Gasteiger partial charge in [-0.05, 0) is 48.6 Å². The molecule has 2 aromatic carbocycles. The van der Waals surface area contributed by atoms with Gasteiger partial charge in [-0.2, -0.15) is 0 Å². The summed E-state index contributed by atoms with van der Waals surface area (Å²) in [5.41, 5.74) is 1.89. The van der Waals surface area contributed by atoms with Crippen molar-refractivity contribution in [1.29, 1.82) is 0 Å². The molecule has 0 radical (unpaired) electrons. The van der Waals surface area contributed by atoms with Crippen LogP contribution in [0.4, 0.5) is 10.7 Å². The number of piperidine rings is 1. The fourth-order valence-electron chi connectivity index (χ4n) is 4.19. The fourth-order valence-corrected chi connectivity index (χ4v) is 4.39. The summed E-state index contributed by atoms with van der Waals surface area (Å²) < 4.78 is 0. The number of nitrogens with one attached hydrogen (secondary N) is 3. The second-order valence-electron chi connectivity index (χ2n) is 8.37. The van der Waals surface area contributed by atoms with E-state index in [1.54, 1.807) is 18.2 Å². The summed E-state index contributed by atoms with van der Waals surface area (Å²) in [5.74, 6) is -0.754. The molecule has 3 amide bonds. The van der Waals surface area contributed by atoms with Gasteiger partial charge in [-0.15, -0.1) is 0 Å². The molecule has 178 valence electrons.